The van der Waals surface area contributed by atoms with Crippen LogP contribution in [-0.4, -0.2) is 9.78 Å². The minimum absolute atomic E-state index is 0.118. The zero-order chi connectivity index (χ0) is 11.1. The summed E-state index contributed by atoms with van der Waals surface area (Å²) in [5.41, 5.74) is 3.69. The third-order valence-electron chi connectivity index (χ3n) is 1.65. The Morgan fingerprint density at radius 3 is 2.07 bits per heavy atom. The summed E-state index contributed by atoms with van der Waals surface area (Å²) in [4.78, 5) is 0. The second-order valence-electron chi connectivity index (χ2n) is 4.03. The molecule has 2 N–H and O–H groups in total. The van der Waals surface area contributed by atoms with E-state index >= 15 is 0 Å². The highest BCUT2D eigenvalue weighted by Crippen LogP contribution is 2.33. The first-order chi connectivity index (χ1) is 6.12. The third-order valence-corrected chi connectivity index (χ3v) is 1.65. The molecule has 0 saturated heterocycles. The van der Waals surface area contributed by atoms with Crippen molar-refractivity contribution < 1.29 is 13.2 Å². The van der Waals surface area contributed by atoms with Gasteiger partial charge in [0.2, 0.25) is 0 Å². The molecule has 0 unspecified atom stereocenters. The molecule has 0 aromatic carbocycles. The van der Waals surface area contributed by atoms with E-state index in [1.165, 1.54) is 0 Å². The van der Waals surface area contributed by atoms with Gasteiger partial charge in [0, 0.05) is 6.07 Å². The Hall–Kier alpha value is -1.20. The van der Waals surface area contributed by atoms with Gasteiger partial charge in [0.15, 0.2) is 0 Å². The molecular formula is C8H12F3N3. The van der Waals surface area contributed by atoms with E-state index in [9.17, 15) is 13.2 Å². The van der Waals surface area contributed by atoms with Crippen LogP contribution in [0.1, 0.15) is 26.5 Å². The molecule has 0 saturated carbocycles. The maximum Gasteiger partial charge on any atom is 0.433 e. The van der Waals surface area contributed by atoms with Crippen LogP contribution in [0.2, 0.25) is 0 Å². The van der Waals surface area contributed by atoms with Gasteiger partial charge in [-0.1, -0.05) is 0 Å². The molecule has 6 heteroatoms. The number of alkyl halides is 3. The van der Waals surface area contributed by atoms with Gasteiger partial charge in [-0.05, 0) is 20.8 Å². The maximum absolute atomic E-state index is 12.5. The van der Waals surface area contributed by atoms with Gasteiger partial charge >= 0.3 is 6.18 Å². The van der Waals surface area contributed by atoms with Crippen molar-refractivity contribution in [1.29, 1.82) is 0 Å². The molecule has 1 aromatic rings. The van der Waals surface area contributed by atoms with Crippen LogP contribution in [-0.2, 0) is 11.7 Å². The minimum Gasteiger partial charge on any atom is -0.382 e. The molecule has 0 aliphatic rings. The highest BCUT2D eigenvalue weighted by atomic mass is 19.4. The van der Waals surface area contributed by atoms with Crippen molar-refractivity contribution in [2.24, 2.45) is 0 Å². The highest BCUT2D eigenvalue weighted by molar-refractivity contribution is 5.31. The fourth-order valence-electron chi connectivity index (χ4n) is 1.11. The number of hydrogen-bond donors (Lipinski definition) is 1. The topological polar surface area (TPSA) is 43.8 Å². The van der Waals surface area contributed by atoms with E-state index in [1.807, 2.05) is 0 Å². The maximum atomic E-state index is 12.5. The lowest BCUT2D eigenvalue weighted by molar-refractivity contribution is -0.146. The lowest BCUT2D eigenvalue weighted by Gasteiger charge is -2.22. The molecule has 1 heterocycles. The Morgan fingerprint density at radius 2 is 1.79 bits per heavy atom. The van der Waals surface area contributed by atoms with E-state index in [0.717, 1.165) is 10.7 Å². The molecule has 0 bridgehead atoms. The summed E-state index contributed by atoms with van der Waals surface area (Å²) in [6.45, 7) is 4.90. The first-order valence-electron chi connectivity index (χ1n) is 4.05. The molecule has 0 radical (unpaired) electrons. The van der Waals surface area contributed by atoms with Crippen molar-refractivity contribution in [3.63, 3.8) is 0 Å². The van der Waals surface area contributed by atoms with Crippen LogP contribution < -0.4 is 5.73 Å². The van der Waals surface area contributed by atoms with E-state index in [0.29, 0.717) is 0 Å². The van der Waals surface area contributed by atoms with Crippen molar-refractivity contribution in [2.45, 2.75) is 32.5 Å². The van der Waals surface area contributed by atoms with Crippen LogP contribution in [0.5, 0.6) is 0 Å². The van der Waals surface area contributed by atoms with E-state index in [2.05, 4.69) is 5.10 Å². The molecule has 0 amide bonds. The number of rotatable bonds is 0. The van der Waals surface area contributed by atoms with E-state index in [1.54, 1.807) is 20.8 Å². The molecule has 0 spiro atoms. The average Bonchev–Trinajstić information content (AvgIpc) is 2.27. The van der Waals surface area contributed by atoms with Gasteiger partial charge in [0.1, 0.15) is 11.5 Å². The van der Waals surface area contributed by atoms with Gasteiger partial charge < -0.3 is 5.73 Å². The Kier molecular flexibility index (Phi) is 2.25. The molecule has 0 fully saturated rings. The summed E-state index contributed by atoms with van der Waals surface area (Å²) < 4.78 is 38.3. The Morgan fingerprint density at radius 1 is 1.29 bits per heavy atom. The fraction of sp³-hybridized carbons (Fsp3) is 0.625. The molecule has 0 atom stereocenters. The standard InChI is InChI=1S/C8H12F3N3/c1-7(2,3)14-5(8(9,10)11)4-6(12)13-14/h4H,1-3H3,(H2,12,13). The SMILES string of the molecule is CC(C)(C)n1nc(N)cc1C(F)(F)F. The summed E-state index contributed by atoms with van der Waals surface area (Å²) in [5, 5.41) is 3.62. The predicted molar refractivity (Wildman–Crippen MR) is 46.6 cm³/mol. The van der Waals surface area contributed by atoms with Crippen LogP contribution in [0.15, 0.2) is 6.07 Å². The monoisotopic (exact) mass is 207 g/mol. The van der Waals surface area contributed by atoms with Gasteiger partial charge in [-0.2, -0.15) is 18.3 Å². The molecule has 14 heavy (non-hydrogen) atoms. The van der Waals surface area contributed by atoms with Gasteiger partial charge in [-0.25, -0.2) is 0 Å². The smallest absolute Gasteiger partial charge is 0.382 e. The second-order valence-corrected chi connectivity index (χ2v) is 4.03. The van der Waals surface area contributed by atoms with Gasteiger partial charge in [-0.15, -0.1) is 0 Å². The summed E-state index contributed by atoms with van der Waals surface area (Å²) in [5.74, 6) is -0.118. The number of hydrogen-bond acceptors (Lipinski definition) is 2. The third kappa shape index (κ3) is 2.00. The van der Waals surface area contributed by atoms with Crippen molar-refractivity contribution in [3.05, 3.63) is 11.8 Å². The number of halogens is 3. The molecule has 0 aliphatic carbocycles. The second kappa shape index (κ2) is 2.90. The average molecular weight is 207 g/mol. The Balaban J connectivity index is 3.31. The largest absolute Gasteiger partial charge is 0.433 e. The normalized spacial score (nSPS) is 13.3. The van der Waals surface area contributed by atoms with Crippen molar-refractivity contribution in [1.82, 2.24) is 9.78 Å². The lowest BCUT2D eigenvalue weighted by atomic mass is 10.1. The first-order valence-corrected chi connectivity index (χ1v) is 4.05. The number of nitrogens with zero attached hydrogens (tertiary/aromatic N) is 2. The van der Waals surface area contributed by atoms with Crippen LogP contribution in [0.25, 0.3) is 0 Å². The van der Waals surface area contributed by atoms with Crippen molar-refractivity contribution >= 4 is 5.82 Å². The molecule has 80 valence electrons. The summed E-state index contributed by atoms with van der Waals surface area (Å²) in [6.07, 6.45) is -4.42. The molecular weight excluding hydrogens is 195 g/mol. The zero-order valence-corrected chi connectivity index (χ0v) is 8.18. The summed E-state index contributed by atoms with van der Waals surface area (Å²) in [6, 6.07) is 0.839. The van der Waals surface area contributed by atoms with Crippen molar-refractivity contribution in [3.8, 4) is 0 Å². The quantitative estimate of drug-likeness (QED) is 0.709. The highest BCUT2D eigenvalue weighted by Gasteiger charge is 2.38. The van der Waals surface area contributed by atoms with Gasteiger partial charge in [0.25, 0.3) is 0 Å². The minimum atomic E-state index is -4.42. The molecule has 0 aliphatic heterocycles. The Labute approximate surface area is 79.7 Å². The lowest BCUT2D eigenvalue weighted by Crippen LogP contribution is -2.28. The van der Waals surface area contributed by atoms with Crippen LogP contribution in [0, 0.1) is 0 Å². The van der Waals surface area contributed by atoms with Crippen LogP contribution >= 0.6 is 0 Å². The number of anilines is 1. The Bertz CT molecular complexity index is 301. The predicted octanol–water partition coefficient (Wildman–Crippen LogP) is 2.24. The number of aromatic nitrogens is 2. The molecule has 1 aromatic heterocycles. The number of nitrogens with two attached hydrogens (primary N) is 1. The van der Waals surface area contributed by atoms with E-state index in [-0.39, 0.29) is 5.82 Å². The first kappa shape index (κ1) is 10.9. The summed E-state index contributed by atoms with van der Waals surface area (Å²) >= 11 is 0. The molecule has 3 nitrogen and oxygen atoms in total. The number of nitrogen functional groups attached to an aromatic ring is 1. The fourth-order valence-corrected chi connectivity index (χ4v) is 1.11. The zero-order valence-electron chi connectivity index (χ0n) is 8.18. The van der Waals surface area contributed by atoms with E-state index < -0.39 is 17.4 Å². The summed E-state index contributed by atoms with van der Waals surface area (Å²) in [7, 11) is 0. The van der Waals surface area contributed by atoms with Crippen LogP contribution in [0.3, 0.4) is 0 Å². The van der Waals surface area contributed by atoms with Crippen molar-refractivity contribution in [2.75, 3.05) is 5.73 Å². The van der Waals surface area contributed by atoms with Gasteiger partial charge in [-0.3, -0.25) is 4.68 Å². The van der Waals surface area contributed by atoms with Gasteiger partial charge in [0.05, 0.1) is 5.54 Å². The van der Waals surface area contributed by atoms with Crippen LogP contribution in [0.4, 0.5) is 19.0 Å². The van der Waals surface area contributed by atoms with E-state index in [4.69, 9.17) is 5.73 Å². The molecule has 1 rings (SSSR count).